The molecule has 2 nitrogen and oxygen atoms in total. The molecule has 1 aliphatic rings. The third kappa shape index (κ3) is 1.49. The van der Waals surface area contributed by atoms with Gasteiger partial charge in [-0.3, -0.25) is 0 Å². The molecule has 0 amide bonds. The van der Waals surface area contributed by atoms with Crippen molar-refractivity contribution in [3.05, 3.63) is 23.6 Å². The molecule has 11 heavy (non-hydrogen) atoms. The van der Waals surface area contributed by atoms with Crippen molar-refractivity contribution >= 4 is 0 Å². The molecule has 0 spiro atoms. The van der Waals surface area contributed by atoms with Crippen molar-refractivity contribution in [2.24, 2.45) is 0 Å². The van der Waals surface area contributed by atoms with Crippen molar-refractivity contribution in [3.63, 3.8) is 0 Å². The van der Waals surface area contributed by atoms with Gasteiger partial charge in [0, 0.05) is 0 Å². The van der Waals surface area contributed by atoms with Crippen LogP contribution >= 0.6 is 0 Å². The highest BCUT2D eigenvalue weighted by Crippen LogP contribution is 2.23. The Bertz CT molecular complexity index is 208. The summed E-state index contributed by atoms with van der Waals surface area (Å²) in [5.41, 5.74) is 0.278. The van der Waals surface area contributed by atoms with Gasteiger partial charge in [0.2, 0.25) is 0 Å². The fraction of sp³-hybridized carbons (Fsp3) is 0.500. The van der Waals surface area contributed by atoms with Crippen LogP contribution in [0.3, 0.4) is 0 Å². The average molecular weight is 158 g/mol. The van der Waals surface area contributed by atoms with Crippen LogP contribution in [0.4, 0.5) is 4.39 Å². The van der Waals surface area contributed by atoms with Crippen LogP contribution in [-0.4, -0.2) is 22.4 Å². The number of hydrogen-bond acceptors (Lipinski definition) is 2. The van der Waals surface area contributed by atoms with E-state index >= 15 is 0 Å². The summed E-state index contributed by atoms with van der Waals surface area (Å²) in [5.74, 6) is -0.426. The van der Waals surface area contributed by atoms with E-state index in [9.17, 15) is 9.50 Å². The van der Waals surface area contributed by atoms with Crippen LogP contribution in [0.15, 0.2) is 23.6 Å². The maximum Gasteiger partial charge on any atom is 0.124 e. The predicted molar refractivity (Wildman–Crippen MR) is 39.6 cm³/mol. The Morgan fingerprint density at radius 1 is 1.55 bits per heavy atom. The molecular formula is C8H11FO2. The summed E-state index contributed by atoms with van der Waals surface area (Å²) < 4.78 is 12.8. The normalized spacial score (nSPS) is 31.3. The molecule has 0 saturated carbocycles. The van der Waals surface area contributed by atoms with E-state index in [0.717, 1.165) is 0 Å². The molecular weight excluding hydrogens is 147 g/mol. The number of rotatable bonds is 1. The molecule has 0 radical (unpaired) electrons. The van der Waals surface area contributed by atoms with Gasteiger partial charge in [0.15, 0.2) is 0 Å². The number of allylic oxidation sites excluding steroid dienone is 2. The summed E-state index contributed by atoms with van der Waals surface area (Å²) in [6, 6.07) is 0. The van der Waals surface area contributed by atoms with Gasteiger partial charge in [-0.15, -0.1) is 0 Å². The van der Waals surface area contributed by atoms with Crippen molar-refractivity contribution in [1.29, 1.82) is 0 Å². The third-order valence-corrected chi connectivity index (χ3v) is 1.81. The Morgan fingerprint density at radius 2 is 2.18 bits per heavy atom. The van der Waals surface area contributed by atoms with Gasteiger partial charge in [-0.1, -0.05) is 13.0 Å². The lowest BCUT2D eigenvalue weighted by Crippen LogP contribution is -2.28. The lowest BCUT2D eigenvalue weighted by atomic mass is 9.96. The second-order valence-corrected chi connectivity index (χ2v) is 2.52. The minimum Gasteiger partial charge on any atom is -0.386 e. The van der Waals surface area contributed by atoms with E-state index in [-0.39, 0.29) is 5.57 Å². The van der Waals surface area contributed by atoms with Gasteiger partial charge in [-0.05, 0) is 18.1 Å². The molecule has 0 fully saturated rings. The predicted octanol–water partition coefficient (Wildman–Crippen LogP) is 0.912. The van der Waals surface area contributed by atoms with Crippen LogP contribution in [0.5, 0.6) is 0 Å². The van der Waals surface area contributed by atoms with Gasteiger partial charge >= 0.3 is 0 Å². The number of halogens is 1. The van der Waals surface area contributed by atoms with Crippen molar-refractivity contribution in [2.75, 3.05) is 0 Å². The maximum atomic E-state index is 12.8. The van der Waals surface area contributed by atoms with Crippen molar-refractivity contribution in [3.8, 4) is 0 Å². The molecule has 62 valence electrons. The van der Waals surface area contributed by atoms with Crippen LogP contribution in [-0.2, 0) is 0 Å². The van der Waals surface area contributed by atoms with E-state index in [0.29, 0.717) is 6.42 Å². The fourth-order valence-electron chi connectivity index (χ4n) is 1.12. The highest BCUT2D eigenvalue weighted by Gasteiger charge is 2.23. The molecule has 0 aromatic heterocycles. The van der Waals surface area contributed by atoms with Crippen molar-refractivity contribution < 1.29 is 14.6 Å². The Balaban J connectivity index is 2.89. The summed E-state index contributed by atoms with van der Waals surface area (Å²) in [5, 5.41) is 18.3. The average Bonchev–Trinajstić information content (AvgIpc) is 1.99. The Kier molecular flexibility index (Phi) is 2.42. The zero-order valence-corrected chi connectivity index (χ0v) is 6.29. The Morgan fingerprint density at radius 3 is 2.64 bits per heavy atom. The van der Waals surface area contributed by atoms with Crippen molar-refractivity contribution in [1.82, 2.24) is 0 Å². The first-order valence-electron chi connectivity index (χ1n) is 3.59. The van der Waals surface area contributed by atoms with Crippen LogP contribution < -0.4 is 0 Å². The summed E-state index contributed by atoms with van der Waals surface area (Å²) in [6.07, 6.45) is 0.846. The first-order valence-corrected chi connectivity index (χ1v) is 3.59. The zero-order chi connectivity index (χ0) is 8.43. The van der Waals surface area contributed by atoms with Crippen LogP contribution in [0.25, 0.3) is 0 Å². The Labute approximate surface area is 64.7 Å². The Hall–Kier alpha value is -0.670. The fourth-order valence-corrected chi connectivity index (χ4v) is 1.12. The molecule has 1 aliphatic carbocycles. The van der Waals surface area contributed by atoms with Crippen LogP contribution in [0.2, 0.25) is 0 Å². The molecule has 3 heteroatoms. The molecule has 0 heterocycles. The molecule has 2 atom stereocenters. The lowest BCUT2D eigenvalue weighted by molar-refractivity contribution is 0.0671. The van der Waals surface area contributed by atoms with Gasteiger partial charge in [0.25, 0.3) is 0 Å². The second-order valence-electron chi connectivity index (χ2n) is 2.52. The topological polar surface area (TPSA) is 40.5 Å². The first kappa shape index (κ1) is 8.43. The van der Waals surface area contributed by atoms with Crippen LogP contribution in [0.1, 0.15) is 13.3 Å². The van der Waals surface area contributed by atoms with Gasteiger partial charge in [0.1, 0.15) is 18.0 Å². The molecule has 0 aliphatic heterocycles. The number of aliphatic hydroxyl groups excluding tert-OH is 2. The molecule has 0 unspecified atom stereocenters. The van der Waals surface area contributed by atoms with E-state index in [1.807, 2.05) is 0 Å². The zero-order valence-electron chi connectivity index (χ0n) is 6.29. The number of aliphatic hydroxyl groups is 2. The molecule has 0 aromatic rings. The molecule has 0 saturated heterocycles. The summed E-state index contributed by atoms with van der Waals surface area (Å²) in [4.78, 5) is 0. The van der Waals surface area contributed by atoms with E-state index in [1.165, 1.54) is 12.2 Å². The highest BCUT2D eigenvalue weighted by atomic mass is 19.1. The SMILES string of the molecule is CCC1=C(F)C=C[C@H](O)[C@@H]1O. The van der Waals surface area contributed by atoms with E-state index in [4.69, 9.17) is 5.11 Å². The van der Waals surface area contributed by atoms with Gasteiger partial charge in [0.05, 0.1) is 0 Å². The molecule has 1 rings (SSSR count). The minimum absolute atomic E-state index is 0.278. The van der Waals surface area contributed by atoms with Gasteiger partial charge < -0.3 is 10.2 Å². The van der Waals surface area contributed by atoms with E-state index in [1.54, 1.807) is 6.92 Å². The standard InChI is InChI=1S/C8H11FO2/c1-2-5-6(9)3-4-7(10)8(5)11/h3-4,7-8,10-11H,2H2,1H3/t7-,8+/m0/s1. The molecule has 0 aromatic carbocycles. The van der Waals surface area contributed by atoms with Crippen LogP contribution in [0, 0.1) is 0 Å². The maximum absolute atomic E-state index is 12.8. The lowest BCUT2D eigenvalue weighted by Gasteiger charge is -2.20. The minimum atomic E-state index is -1.06. The van der Waals surface area contributed by atoms with E-state index < -0.39 is 18.0 Å². The highest BCUT2D eigenvalue weighted by molar-refractivity contribution is 5.29. The third-order valence-electron chi connectivity index (χ3n) is 1.81. The summed E-state index contributed by atoms with van der Waals surface area (Å²) >= 11 is 0. The van der Waals surface area contributed by atoms with E-state index in [2.05, 4.69) is 0 Å². The monoisotopic (exact) mass is 158 g/mol. The summed E-state index contributed by atoms with van der Waals surface area (Å²) in [7, 11) is 0. The van der Waals surface area contributed by atoms with Gasteiger partial charge in [-0.2, -0.15) is 0 Å². The number of hydrogen-bond donors (Lipinski definition) is 2. The van der Waals surface area contributed by atoms with Gasteiger partial charge in [-0.25, -0.2) is 4.39 Å². The first-order chi connectivity index (χ1) is 5.16. The smallest absolute Gasteiger partial charge is 0.124 e. The second kappa shape index (κ2) is 3.15. The quantitative estimate of drug-likeness (QED) is 0.595. The van der Waals surface area contributed by atoms with Crippen molar-refractivity contribution in [2.45, 2.75) is 25.6 Å². The largest absolute Gasteiger partial charge is 0.386 e. The molecule has 2 N–H and O–H groups in total. The molecule has 0 bridgehead atoms. The summed E-state index contributed by atoms with van der Waals surface area (Å²) in [6.45, 7) is 1.74.